The molecule has 0 amide bonds. The smallest absolute Gasteiger partial charge is 0.118 e. The van der Waals surface area contributed by atoms with Crippen molar-refractivity contribution in [2.45, 2.75) is 31.3 Å². The molecule has 2 bridgehead atoms. The topological polar surface area (TPSA) is 17.4 Å². The molecular formula is C23H21ClN2O. The lowest BCUT2D eigenvalue weighted by atomic mass is 9.97. The van der Waals surface area contributed by atoms with Crippen molar-refractivity contribution in [2.24, 2.45) is 0 Å². The number of methoxy groups -OCH3 is 1. The molecule has 4 heteroatoms. The summed E-state index contributed by atoms with van der Waals surface area (Å²) in [6, 6.07) is 18.6. The molecule has 2 aliphatic heterocycles. The maximum absolute atomic E-state index is 6.34. The van der Waals surface area contributed by atoms with E-state index in [9.17, 15) is 0 Å². The molecule has 2 atom stereocenters. The molecule has 136 valence electrons. The molecule has 1 fully saturated rings. The molecule has 2 unspecified atom stereocenters. The molecule has 3 aromatic rings. The molecule has 0 saturated carbocycles. The van der Waals surface area contributed by atoms with Crippen LogP contribution in [-0.4, -0.2) is 29.7 Å². The summed E-state index contributed by atoms with van der Waals surface area (Å²) in [6.07, 6.45) is 3.52. The lowest BCUT2D eigenvalue weighted by Crippen LogP contribution is -2.34. The van der Waals surface area contributed by atoms with Gasteiger partial charge in [-0.05, 0) is 73.8 Å². The van der Waals surface area contributed by atoms with Crippen LogP contribution in [0.5, 0.6) is 5.75 Å². The van der Waals surface area contributed by atoms with E-state index in [1.807, 2.05) is 30.3 Å². The Kier molecular flexibility index (Phi) is 3.93. The summed E-state index contributed by atoms with van der Waals surface area (Å²) in [5.41, 5.74) is 4.93. The Hall–Kier alpha value is -2.41. The molecule has 2 aromatic carbocycles. The van der Waals surface area contributed by atoms with Crippen molar-refractivity contribution < 1.29 is 4.74 Å². The van der Waals surface area contributed by atoms with E-state index in [0.29, 0.717) is 12.1 Å². The Morgan fingerprint density at radius 2 is 1.93 bits per heavy atom. The third-order valence-corrected chi connectivity index (χ3v) is 6.31. The second-order valence-electron chi connectivity index (χ2n) is 7.44. The van der Waals surface area contributed by atoms with Gasteiger partial charge in [-0.3, -0.25) is 9.47 Å². The molecule has 2 aliphatic rings. The van der Waals surface area contributed by atoms with Gasteiger partial charge in [-0.1, -0.05) is 11.6 Å². The van der Waals surface area contributed by atoms with Crippen LogP contribution < -0.4 is 4.74 Å². The SMILES string of the molecule is COc1ccc(C#Cn2c3c(c4cc(Cl)ccc42)C2CCC(C3)N2C)cc1. The highest BCUT2D eigenvalue weighted by atomic mass is 35.5. The van der Waals surface area contributed by atoms with Gasteiger partial charge >= 0.3 is 0 Å². The van der Waals surface area contributed by atoms with Gasteiger partial charge in [0.15, 0.2) is 0 Å². The third kappa shape index (κ3) is 2.64. The predicted octanol–water partition coefficient (Wildman–Crippen LogP) is 4.85. The van der Waals surface area contributed by atoms with Crippen LogP contribution in [0.25, 0.3) is 10.9 Å². The van der Waals surface area contributed by atoms with Gasteiger partial charge < -0.3 is 4.74 Å². The van der Waals surface area contributed by atoms with E-state index in [2.05, 4.69) is 40.6 Å². The monoisotopic (exact) mass is 376 g/mol. The number of likely N-dealkylation sites (N-methyl/N-ethyl adjacent to an activating group) is 1. The van der Waals surface area contributed by atoms with Crippen molar-refractivity contribution in [1.82, 2.24) is 9.47 Å². The van der Waals surface area contributed by atoms with Crippen molar-refractivity contribution in [2.75, 3.05) is 14.2 Å². The number of fused-ring (bicyclic) bond motifs is 6. The molecule has 0 spiro atoms. The van der Waals surface area contributed by atoms with E-state index in [4.69, 9.17) is 16.3 Å². The Morgan fingerprint density at radius 1 is 1.11 bits per heavy atom. The fourth-order valence-corrected chi connectivity index (χ4v) is 4.84. The minimum absolute atomic E-state index is 0.476. The molecule has 27 heavy (non-hydrogen) atoms. The number of rotatable bonds is 1. The van der Waals surface area contributed by atoms with E-state index in [0.717, 1.165) is 28.3 Å². The number of halogens is 1. The van der Waals surface area contributed by atoms with Crippen molar-refractivity contribution in [3.8, 4) is 17.7 Å². The second-order valence-corrected chi connectivity index (χ2v) is 7.88. The Morgan fingerprint density at radius 3 is 2.70 bits per heavy atom. The maximum atomic E-state index is 6.34. The minimum atomic E-state index is 0.476. The van der Waals surface area contributed by atoms with Crippen molar-refractivity contribution in [3.05, 3.63) is 64.3 Å². The van der Waals surface area contributed by atoms with Gasteiger partial charge in [0.05, 0.1) is 12.6 Å². The Labute approximate surface area is 164 Å². The fraction of sp³-hybridized carbons (Fsp3) is 0.304. The zero-order valence-electron chi connectivity index (χ0n) is 15.5. The van der Waals surface area contributed by atoms with E-state index in [1.165, 1.54) is 29.5 Å². The zero-order chi connectivity index (χ0) is 18.5. The summed E-state index contributed by atoms with van der Waals surface area (Å²) in [5.74, 6) is 4.17. The summed E-state index contributed by atoms with van der Waals surface area (Å²) in [4.78, 5) is 2.53. The molecule has 1 aromatic heterocycles. The van der Waals surface area contributed by atoms with Gasteiger partial charge in [-0.25, -0.2) is 0 Å². The highest BCUT2D eigenvalue weighted by Gasteiger charge is 2.40. The first kappa shape index (κ1) is 16.7. The highest BCUT2D eigenvalue weighted by molar-refractivity contribution is 6.31. The molecular weight excluding hydrogens is 356 g/mol. The maximum Gasteiger partial charge on any atom is 0.118 e. The first-order valence-electron chi connectivity index (χ1n) is 9.36. The van der Waals surface area contributed by atoms with E-state index in [1.54, 1.807) is 7.11 Å². The fourth-order valence-electron chi connectivity index (χ4n) is 4.67. The first-order valence-corrected chi connectivity index (χ1v) is 9.74. The van der Waals surface area contributed by atoms with E-state index >= 15 is 0 Å². The van der Waals surface area contributed by atoms with Crippen LogP contribution in [0.3, 0.4) is 0 Å². The predicted molar refractivity (Wildman–Crippen MR) is 109 cm³/mol. The molecule has 0 radical (unpaired) electrons. The zero-order valence-corrected chi connectivity index (χ0v) is 16.3. The normalized spacial score (nSPS) is 21.0. The van der Waals surface area contributed by atoms with Gasteiger partial charge in [-0.15, -0.1) is 0 Å². The molecule has 1 saturated heterocycles. The highest BCUT2D eigenvalue weighted by Crippen LogP contribution is 2.46. The van der Waals surface area contributed by atoms with Crippen LogP contribution in [0.1, 0.15) is 35.7 Å². The number of hydrogen-bond donors (Lipinski definition) is 0. The number of nitrogens with zero attached hydrogens (tertiary/aromatic N) is 2. The van der Waals surface area contributed by atoms with Gasteiger partial charge in [-0.2, -0.15) is 0 Å². The van der Waals surface area contributed by atoms with Gasteiger partial charge in [0.2, 0.25) is 0 Å². The number of benzene rings is 2. The lowest BCUT2D eigenvalue weighted by Gasteiger charge is -2.31. The van der Waals surface area contributed by atoms with Crippen LogP contribution in [0, 0.1) is 12.0 Å². The summed E-state index contributed by atoms with van der Waals surface area (Å²) in [7, 11) is 3.93. The molecule has 0 aliphatic carbocycles. The summed E-state index contributed by atoms with van der Waals surface area (Å²) >= 11 is 6.34. The summed E-state index contributed by atoms with van der Waals surface area (Å²) < 4.78 is 7.43. The van der Waals surface area contributed by atoms with Gasteiger partial charge in [0.1, 0.15) is 5.75 Å². The van der Waals surface area contributed by atoms with Crippen LogP contribution in [0.2, 0.25) is 5.02 Å². The molecule has 0 N–H and O–H groups in total. The Balaban J connectivity index is 1.67. The molecule has 3 nitrogen and oxygen atoms in total. The van der Waals surface area contributed by atoms with Gasteiger partial charge in [0.25, 0.3) is 0 Å². The average Bonchev–Trinajstić information content (AvgIpc) is 3.10. The summed E-state index contributed by atoms with van der Waals surface area (Å²) in [5, 5.41) is 2.03. The number of ether oxygens (including phenoxy) is 1. The largest absolute Gasteiger partial charge is 0.497 e. The van der Waals surface area contributed by atoms with E-state index < -0.39 is 0 Å². The van der Waals surface area contributed by atoms with Crippen LogP contribution >= 0.6 is 11.6 Å². The lowest BCUT2D eigenvalue weighted by molar-refractivity contribution is 0.223. The Bertz CT molecular complexity index is 1090. The third-order valence-electron chi connectivity index (χ3n) is 6.08. The van der Waals surface area contributed by atoms with Gasteiger partial charge in [0, 0.05) is 46.2 Å². The second kappa shape index (κ2) is 6.34. The average molecular weight is 377 g/mol. The quantitative estimate of drug-likeness (QED) is 0.565. The van der Waals surface area contributed by atoms with Crippen LogP contribution in [0.4, 0.5) is 0 Å². The summed E-state index contributed by atoms with van der Waals surface area (Å²) in [6.45, 7) is 0. The standard InChI is InChI=1S/C23H21ClN2O/c1-25-17-6-10-21(25)23-19-13-16(24)5-9-20(19)26(22(23)14-17)12-11-15-3-7-18(27-2)8-4-15/h3-5,7-9,13,17,21H,6,10,14H2,1-2H3. The van der Waals surface area contributed by atoms with Crippen molar-refractivity contribution >= 4 is 22.5 Å². The molecule has 5 rings (SSSR count). The molecule has 3 heterocycles. The first-order chi connectivity index (χ1) is 13.2. The van der Waals surface area contributed by atoms with Crippen molar-refractivity contribution in [3.63, 3.8) is 0 Å². The number of hydrogen-bond acceptors (Lipinski definition) is 2. The number of aromatic nitrogens is 1. The minimum Gasteiger partial charge on any atom is -0.497 e. The van der Waals surface area contributed by atoms with E-state index in [-0.39, 0.29) is 0 Å². The van der Waals surface area contributed by atoms with Crippen molar-refractivity contribution in [1.29, 1.82) is 0 Å². The van der Waals surface area contributed by atoms with Crippen LogP contribution in [0.15, 0.2) is 42.5 Å². The van der Waals surface area contributed by atoms with Crippen LogP contribution in [-0.2, 0) is 6.42 Å².